The van der Waals surface area contributed by atoms with Crippen molar-refractivity contribution in [2.45, 2.75) is 19.4 Å². The molecule has 0 spiro atoms. The molecule has 5 nitrogen and oxygen atoms in total. The molecule has 0 aromatic heterocycles. The molecule has 1 rings (SSSR count). The van der Waals surface area contributed by atoms with Crippen LogP contribution in [0.3, 0.4) is 0 Å². The van der Waals surface area contributed by atoms with E-state index < -0.39 is 0 Å². The number of aliphatic imine (C=N–C) groups is 2. The lowest BCUT2D eigenvalue weighted by Crippen LogP contribution is -2.26. The molecular weight excluding hydrogens is 238 g/mol. The van der Waals surface area contributed by atoms with Gasteiger partial charge in [0.2, 0.25) is 5.96 Å². The van der Waals surface area contributed by atoms with Crippen LogP contribution in [0.4, 0.5) is 0 Å². The minimum Gasteiger partial charge on any atom is -0.370 e. The quantitative estimate of drug-likeness (QED) is 0.560. The van der Waals surface area contributed by atoms with Crippen molar-refractivity contribution in [3.63, 3.8) is 0 Å². The van der Waals surface area contributed by atoms with Gasteiger partial charge in [-0.25, -0.2) is 4.99 Å². The fourth-order valence-corrected chi connectivity index (χ4v) is 1.53. The van der Waals surface area contributed by atoms with Crippen LogP contribution in [0, 0.1) is 0 Å². The van der Waals surface area contributed by atoms with Crippen molar-refractivity contribution in [1.82, 2.24) is 0 Å². The Kier molecular flexibility index (Phi) is 4.78. The lowest BCUT2D eigenvalue weighted by Gasteiger charge is -2.10. The van der Waals surface area contributed by atoms with Gasteiger partial charge in [0.05, 0.1) is 6.04 Å². The number of nitrogens with zero attached hydrogens (tertiary/aromatic N) is 2. The molecule has 0 aliphatic heterocycles. The minimum atomic E-state index is -0.0998. The van der Waals surface area contributed by atoms with Crippen molar-refractivity contribution in [3.8, 4) is 0 Å². The molecule has 6 N–H and O–H groups in total. The van der Waals surface area contributed by atoms with Gasteiger partial charge < -0.3 is 17.2 Å². The van der Waals surface area contributed by atoms with Crippen LogP contribution in [0.2, 0.25) is 5.02 Å². The Bertz CT molecular complexity index is 420. The van der Waals surface area contributed by atoms with Crippen LogP contribution in [0.1, 0.15) is 24.9 Å². The van der Waals surface area contributed by atoms with Crippen molar-refractivity contribution in [2.75, 3.05) is 0 Å². The van der Waals surface area contributed by atoms with Crippen molar-refractivity contribution in [1.29, 1.82) is 0 Å². The van der Waals surface area contributed by atoms with Gasteiger partial charge in [-0.05, 0) is 24.1 Å². The van der Waals surface area contributed by atoms with Gasteiger partial charge in [-0.1, -0.05) is 30.7 Å². The van der Waals surface area contributed by atoms with Crippen LogP contribution in [0.5, 0.6) is 0 Å². The molecular formula is C11H16ClN5. The van der Waals surface area contributed by atoms with E-state index in [0.717, 1.165) is 12.0 Å². The van der Waals surface area contributed by atoms with Gasteiger partial charge in [0.25, 0.3) is 0 Å². The molecule has 17 heavy (non-hydrogen) atoms. The molecule has 0 amide bonds. The van der Waals surface area contributed by atoms with Gasteiger partial charge in [0.15, 0.2) is 5.96 Å². The predicted octanol–water partition coefficient (Wildman–Crippen LogP) is 1.38. The Labute approximate surface area is 105 Å². The third-order valence-corrected chi connectivity index (χ3v) is 2.43. The number of halogens is 1. The zero-order valence-electron chi connectivity index (χ0n) is 9.60. The molecule has 0 saturated carbocycles. The van der Waals surface area contributed by atoms with Gasteiger partial charge in [-0.3, -0.25) is 0 Å². The van der Waals surface area contributed by atoms with Crippen molar-refractivity contribution >= 4 is 23.5 Å². The zero-order valence-corrected chi connectivity index (χ0v) is 10.4. The summed E-state index contributed by atoms with van der Waals surface area (Å²) in [6.07, 6.45) is 0.794. The third kappa shape index (κ3) is 4.32. The number of nitrogens with two attached hydrogens (primary N) is 3. The van der Waals surface area contributed by atoms with Gasteiger partial charge in [-0.15, -0.1) is 0 Å². The summed E-state index contributed by atoms with van der Waals surface area (Å²) in [5.74, 6) is -0.0241. The van der Waals surface area contributed by atoms with Gasteiger partial charge in [0, 0.05) is 5.02 Å². The Morgan fingerprint density at radius 2 is 1.82 bits per heavy atom. The first-order chi connectivity index (χ1) is 8.02. The highest BCUT2D eigenvalue weighted by Crippen LogP contribution is 2.22. The Morgan fingerprint density at radius 3 is 2.29 bits per heavy atom. The van der Waals surface area contributed by atoms with Gasteiger partial charge in [0.1, 0.15) is 0 Å². The molecule has 0 heterocycles. The molecule has 0 aliphatic rings. The highest BCUT2D eigenvalue weighted by Gasteiger charge is 2.08. The second-order valence-electron chi connectivity index (χ2n) is 3.50. The molecule has 92 valence electrons. The van der Waals surface area contributed by atoms with Crippen LogP contribution in [-0.4, -0.2) is 11.9 Å². The maximum absolute atomic E-state index is 5.82. The number of guanidine groups is 2. The summed E-state index contributed by atoms with van der Waals surface area (Å²) in [6, 6.07) is 7.36. The number of rotatable bonds is 3. The standard InChI is InChI=1S/C11H16ClN5/c1-2-9(16-11(15)17-10(13)14)7-3-5-8(12)6-4-7/h3-6,9H,2H2,1H3,(H6,13,14,15,16,17). The van der Waals surface area contributed by atoms with E-state index in [-0.39, 0.29) is 18.0 Å². The summed E-state index contributed by atoms with van der Waals surface area (Å²) in [7, 11) is 0. The Balaban J connectivity index is 2.92. The largest absolute Gasteiger partial charge is 0.370 e. The summed E-state index contributed by atoms with van der Waals surface area (Å²) in [6.45, 7) is 2.01. The fourth-order valence-electron chi connectivity index (χ4n) is 1.41. The predicted molar refractivity (Wildman–Crippen MR) is 71.9 cm³/mol. The van der Waals surface area contributed by atoms with E-state index in [1.54, 1.807) is 0 Å². The second-order valence-corrected chi connectivity index (χ2v) is 3.94. The summed E-state index contributed by atoms with van der Waals surface area (Å²) < 4.78 is 0. The van der Waals surface area contributed by atoms with E-state index in [2.05, 4.69) is 9.98 Å². The highest BCUT2D eigenvalue weighted by atomic mass is 35.5. The van der Waals surface area contributed by atoms with E-state index in [9.17, 15) is 0 Å². The van der Waals surface area contributed by atoms with Crippen LogP contribution < -0.4 is 17.2 Å². The molecule has 6 heteroatoms. The van der Waals surface area contributed by atoms with Crippen LogP contribution >= 0.6 is 11.6 Å². The van der Waals surface area contributed by atoms with E-state index >= 15 is 0 Å². The maximum Gasteiger partial charge on any atom is 0.219 e. The Hall–Kier alpha value is -1.75. The lowest BCUT2D eigenvalue weighted by molar-refractivity contribution is 0.699. The summed E-state index contributed by atoms with van der Waals surface area (Å²) >= 11 is 5.82. The van der Waals surface area contributed by atoms with E-state index in [0.29, 0.717) is 5.02 Å². The molecule has 0 fully saturated rings. The first-order valence-corrected chi connectivity index (χ1v) is 5.59. The molecule has 1 aromatic carbocycles. The number of benzene rings is 1. The van der Waals surface area contributed by atoms with E-state index in [1.165, 1.54) is 0 Å². The average Bonchev–Trinajstić information content (AvgIpc) is 2.26. The SMILES string of the molecule is CCC(N=C(N)N=C(N)N)c1ccc(Cl)cc1. The first kappa shape index (κ1) is 13.3. The third-order valence-electron chi connectivity index (χ3n) is 2.17. The van der Waals surface area contributed by atoms with Crippen molar-refractivity contribution < 1.29 is 0 Å². The van der Waals surface area contributed by atoms with Crippen molar-refractivity contribution in [2.24, 2.45) is 27.2 Å². The van der Waals surface area contributed by atoms with Gasteiger partial charge >= 0.3 is 0 Å². The first-order valence-electron chi connectivity index (χ1n) is 5.21. The van der Waals surface area contributed by atoms with Crippen LogP contribution in [-0.2, 0) is 0 Å². The summed E-state index contributed by atoms with van der Waals surface area (Å²) in [4.78, 5) is 7.92. The molecule has 1 unspecified atom stereocenters. The monoisotopic (exact) mass is 253 g/mol. The lowest BCUT2D eigenvalue weighted by atomic mass is 10.1. The second kappa shape index (κ2) is 6.10. The molecule has 1 aromatic rings. The van der Waals surface area contributed by atoms with Crippen molar-refractivity contribution in [3.05, 3.63) is 34.9 Å². The molecule has 0 saturated heterocycles. The molecule has 0 aliphatic carbocycles. The number of hydrogen-bond acceptors (Lipinski definition) is 1. The Morgan fingerprint density at radius 1 is 1.24 bits per heavy atom. The van der Waals surface area contributed by atoms with E-state index in [1.807, 2.05) is 31.2 Å². The number of hydrogen-bond donors (Lipinski definition) is 3. The fraction of sp³-hybridized carbons (Fsp3) is 0.273. The molecule has 0 bridgehead atoms. The normalized spacial score (nSPS) is 13.2. The maximum atomic E-state index is 5.82. The zero-order chi connectivity index (χ0) is 12.8. The smallest absolute Gasteiger partial charge is 0.219 e. The molecule has 1 atom stereocenters. The summed E-state index contributed by atoms with van der Waals surface area (Å²) in [5.41, 5.74) is 17.1. The average molecular weight is 254 g/mol. The topological polar surface area (TPSA) is 103 Å². The van der Waals surface area contributed by atoms with Gasteiger partial charge in [-0.2, -0.15) is 4.99 Å². The van der Waals surface area contributed by atoms with Crippen LogP contribution in [0.25, 0.3) is 0 Å². The minimum absolute atomic E-state index is 0.0737. The summed E-state index contributed by atoms with van der Waals surface area (Å²) in [5, 5.41) is 0.685. The highest BCUT2D eigenvalue weighted by molar-refractivity contribution is 6.30. The molecule has 0 radical (unpaired) electrons. The van der Waals surface area contributed by atoms with E-state index in [4.69, 9.17) is 28.8 Å². The van der Waals surface area contributed by atoms with Crippen LogP contribution in [0.15, 0.2) is 34.3 Å².